The first kappa shape index (κ1) is 30.2. The second-order valence-corrected chi connectivity index (χ2v) is 11.7. The lowest BCUT2D eigenvalue weighted by Gasteiger charge is -2.33. The zero-order valence-corrected chi connectivity index (χ0v) is 23.6. The molecule has 220 valence electrons. The maximum atomic E-state index is 13.3. The number of nitrogens with one attached hydrogen (secondary N) is 1. The van der Waals surface area contributed by atoms with E-state index in [0.29, 0.717) is 56.4 Å². The SMILES string of the molecule is [C-]#[N+]c1ccc(N2CCC(C(=O)Nc3ccc(CC4CCN(C(=O)OC(C)(C)C)CC4)cn3)CC2)cc1C(F)(F)F. The van der Waals surface area contributed by atoms with Gasteiger partial charge in [0.1, 0.15) is 11.4 Å². The standard InChI is InChI=1S/C30H36F3N5O3/c1-29(2,3)41-28(40)38-13-9-20(10-14-38)17-21-5-8-26(35-19-21)36-27(39)22-11-15-37(16-12-22)23-6-7-25(34-4)24(18-23)30(31,32)33/h5-8,18-20,22H,9-17H2,1-3H3,(H,35,36,39). The summed E-state index contributed by atoms with van der Waals surface area (Å²) in [6, 6.07) is 7.49. The van der Waals surface area contributed by atoms with E-state index in [0.717, 1.165) is 30.9 Å². The number of pyridine rings is 1. The van der Waals surface area contributed by atoms with Crippen molar-refractivity contribution < 1.29 is 27.5 Å². The van der Waals surface area contributed by atoms with Crippen LogP contribution in [0.1, 0.15) is 57.6 Å². The van der Waals surface area contributed by atoms with Gasteiger partial charge in [-0.05, 0) is 82.6 Å². The molecular weight excluding hydrogens is 535 g/mol. The zero-order chi connectivity index (χ0) is 29.8. The van der Waals surface area contributed by atoms with Crippen molar-refractivity contribution in [1.29, 1.82) is 0 Å². The monoisotopic (exact) mass is 571 g/mol. The van der Waals surface area contributed by atoms with Gasteiger partial charge in [0.05, 0.1) is 12.1 Å². The Morgan fingerprint density at radius 3 is 2.29 bits per heavy atom. The van der Waals surface area contributed by atoms with Crippen molar-refractivity contribution in [3.8, 4) is 0 Å². The molecular formula is C30H36F3N5O3. The van der Waals surface area contributed by atoms with Crippen LogP contribution in [0.4, 0.5) is 35.2 Å². The third-order valence-electron chi connectivity index (χ3n) is 7.50. The van der Waals surface area contributed by atoms with Crippen molar-refractivity contribution in [3.63, 3.8) is 0 Å². The Labute approximate surface area is 238 Å². The maximum Gasteiger partial charge on any atom is 0.410 e. The first-order valence-corrected chi connectivity index (χ1v) is 13.9. The Bertz CT molecular complexity index is 1270. The molecule has 0 unspecified atom stereocenters. The van der Waals surface area contributed by atoms with Crippen molar-refractivity contribution in [2.24, 2.45) is 11.8 Å². The Kier molecular flexibility index (Phi) is 9.10. The lowest BCUT2D eigenvalue weighted by Crippen LogP contribution is -2.42. The molecule has 4 rings (SSSR count). The molecule has 1 aromatic carbocycles. The van der Waals surface area contributed by atoms with Crippen LogP contribution in [0, 0.1) is 18.4 Å². The lowest BCUT2D eigenvalue weighted by molar-refractivity contribution is -0.136. The fourth-order valence-corrected chi connectivity index (χ4v) is 5.27. The van der Waals surface area contributed by atoms with Gasteiger partial charge in [-0.15, -0.1) is 0 Å². The van der Waals surface area contributed by atoms with Gasteiger partial charge in [-0.2, -0.15) is 13.2 Å². The molecule has 8 nitrogen and oxygen atoms in total. The Hall–Kier alpha value is -3.81. The van der Waals surface area contributed by atoms with Crippen LogP contribution in [0.2, 0.25) is 0 Å². The largest absolute Gasteiger partial charge is 0.444 e. The summed E-state index contributed by atoms with van der Waals surface area (Å²) < 4.78 is 45.5. The van der Waals surface area contributed by atoms with E-state index >= 15 is 0 Å². The molecule has 2 aromatic rings. The van der Waals surface area contributed by atoms with Gasteiger partial charge in [-0.3, -0.25) is 4.79 Å². The summed E-state index contributed by atoms with van der Waals surface area (Å²) in [5.41, 5.74) is -0.403. The van der Waals surface area contributed by atoms with E-state index in [9.17, 15) is 22.8 Å². The predicted molar refractivity (Wildman–Crippen MR) is 150 cm³/mol. The number of likely N-dealkylation sites (tertiary alicyclic amines) is 1. The van der Waals surface area contributed by atoms with Crippen LogP contribution in [-0.4, -0.2) is 53.7 Å². The molecule has 1 aromatic heterocycles. The Morgan fingerprint density at radius 1 is 1.05 bits per heavy atom. The summed E-state index contributed by atoms with van der Waals surface area (Å²) >= 11 is 0. The van der Waals surface area contributed by atoms with E-state index in [1.165, 1.54) is 12.1 Å². The summed E-state index contributed by atoms with van der Waals surface area (Å²) in [6.07, 6.45) is 0.508. The van der Waals surface area contributed by atoms with E-state index in [1.54, 1.807) is 17.2 Å². The minimum absolute atomic E-state index is 0.154. The predicted octanol–water partition coefficient (Wildman–Crippen LogP) is 6.70. The molecule has 2 amide bonds. The number of carbonyl (C=O) groups is 2. The maximum absolute atomic E-state index is 13.3. The van der Waals surface area contributed by atoms with Crippen LogP contribution >= 0.6 is 0 Å². The van der Waals surface area contributed by atoms with Crippen LogP contribution in [0.3, 0.4) is 0 Å². The smallest absolute Gasteiger partial charge is 0.410 e. The fraction of sp³-hybridized carbons (Fsp3) is 0.533. The van der Waals surface area contributed by atoms with Gasteiger partial charge in [0.2, 0.25) is 5.91 Å². The molecule has 0 radical (unpaired) electrons. The van der Waals surface area contributed by atoms with E-state index in [4.69, 9.17) is 11.3 Å². The molecule has 0 spiro atoms. The van der Waals surface area contributed by atoms with Gasteiger partial charge < -0.3 is 19.9 Å². The van der Waals surface area contributed by atoms with Gasteiger partial charge in [-0.25, -0.2) is 14.6 Å². The molecule has 2 aliphatic heterocycles. The van der Waals surface area contributed by atoms with E-state index < -0.39 is 23.0 Å². The normalized spacial score (nSPS) is 17.2. The Morgan fingerprint density at radius 2 is 1.73 bits per heavy atom. The summed E-state index contributed by atoms with van der Waals surface area (Å²) in [5, 5.41) is 2.87. The number of amides is 2. The minimum Gasteiger partial charge on any atom is -0.444 e. The molecule has 2 fully saturated rings. The number of ether oxygens (including phenoxy) is 1. The van der Waals surface area contributed by atoms with Crippen molar-refractivity contribution in [2.75, 3.05) is 36.4 Å². The summed E-state index contributed by atoms with van der Waals surface area (Å²) in [5.74, 6) is 0.475. The fourth-order valence-electron chi connectivity index (χ4n) is 5.27. The molecule has 0 atom stereocenters. The van der Waals surface area contributed by atoms with Crippen LogP contribution in [0.15, 0.2) is 36.5 Å². The molecule has 2 aliphatic rings. The molecule has 3 heterocycles. The van der Waals surface area contributed by atoms with Crippen molar-refractivity contribution in [3.05, 3.63) is 59.1 Å². The number of piperidine rings is 2. The second kappa shape index (κ2) is 12.4. The molecule has 0 bridgehead atoms. The minimum atomic E-state index is -4.60. The van der Waals surface area contributed by atoms with Gasteiger partial charge in [0.15, 0.2) is 5.69 Å². The quantitative estimate of drug-likeness (QED) is 0.405. The number of rotatable bonds is 5. The first-order chi connectivity index (χ1) is 19.3. The number of anilines is 2. The molecule has 1 N–H and O–H groups in total. The van der Waals surface area contributed by atoms with Crippen LogP contribution in [-0.2, 0) is 22.1 Å². The third-order valence-corrected chi connectivity index (χ3v) is 7.50. The number of nitrogens with zero attached hydrogens (tertiary/aromatic N) is 4. The Balaban J connectivity index is 1.23. The van der Waals surface area contributed by atoms with Gasteiger partial charge in [0.25, 0.3) is 0 Å². The van der Waals surface area contributed by atoms with Crippen LogP contribution < -0.4 is 10.2 Å². The molecule has 0 saturated carbocycles. The second-order valence-electron chi connectivity index (χ2n) is 11.7. The first-order valence-electron chi connectivity index (χ1n) is 13.9. The van der Waals surface area contributed by atoms with Crippen molar-refractivity contribution >= 4 is 29.2 Å². The summed E-state index contributed by atoms with van der Waals surface area (Å²) in [7, 11) is 0. The summed E-state index contributed by atoms with van der Waals surface area (Å²) in [4.78, 5) is 36.1. The van der Waals surface area contributed by atoms with Crippen molar-refractivity contribution in [2.45, 2.75) is 64.7 Å². The summed E-state index contributed by atoms with van der Waals surface area (Å²) in [6.45, 7) is 14.8. The van der Waals surface area contributed by atoms with Crippen LogP contribution in [0.5, 0.6) is 0 Å². The van der Waals surface area contributed by atoms with E-state index in [1.807, 2.05) is 31.7 Å². The van der Waals surface area contributed by atoms with E-state index in [2.05, 4.69) is 15.1 Å². The number of halogens is 3. The molecule has 2 saturated heterocycles. The van der Waals surface area contributed by atoms with Gasteiger partial charge in [-0.1, -0.05) is 12.1 Å². The van der Waals surface area contributed by atoms with Crippen LogP contribution in [0.25, 0.3) is 4.85 Å². The highest BCUT2D eigenvalue weighted by Crippen LogP contribution is 2.39. The number of carbonyl (C=O) groups excluding carboxylic acids is 2. The lowest BCUT2D eigenvalue weighted by atomic mass is 9.91. The average molecular weight is 572 g/mol. The number of aromatic nitrogens is 1. The zero-order valence-electron chi connectivity index (χ0n) is 23.6. The van der Waals surface area contributed by atoms with Gasteiger partial charge in [0, 0.05) is 44.0 Å². The molecule has 0 aliphatic carbocycles. The number of hydrogen-bond donors (Lipinski definition) is 1. The third kappa shape index (κ3) is 8.12. The number of hydrogen-bond acceptors (Lipinski definition) is 5. The number of alkyl halides is 3. The highest BCUT2D eigenvalue weighted by Gasteiger charge is 2.35. The van der Waals surface area contributed by atoms with Crippen molar-refractivity contribution in [1.82, 2.24) is 9.88 Å². The molecule has 41 heavy (non-hydrogen) atoms. The van der Waals surface area contributed by atoms with Gasteiger partial charge >= 0.3 is 12.3 Å². The average Bonchev–Trinajstić information content (AvgIpc) is 2.93. The number of benzene rings is 1. The highest BCUT2D eigenvalue weighted by atomic mass is 19.4. The highest BCUT2D eigenvalue weighted by molar-refractivity contribution is 5.91. The topological polar surface area (TPSA) is 79.1 Å². The molecule has 11 heteroatoms. The van der Waals surface area contributed by atoms with E-state index in [-0.39, 0.29) is 17.9 Å².